The molecule has 1 atom stereocenters. The molecule has 1 aromatic rings. The highest BCUT2D eigenvalue weighted by molar-refractivity contribution is 5.97. The second-order valence-corrected chi connectivity index (χ2v) is 5.70. The number of hydrogen-bond acceptors (Lipinski definition) is 5. The first-order valence-electron chi connectivity index (χ1n) is 7.40. The Labute approximate surface area is 123 Å². The Balaban J connectivity index is 1.57. The Hall–Kier alpha value is -1.66. The van der Waals surface area contributed by atoms with Gasteiger partial charge in [-0.25, -0.2) is 4.98 Å². The SMILES string of the molecule is O=C(Nc1ccc(OC2CCCC2)nc1)[C@@]1(O)CCOC1. The first kappa shape index (κ1) is 14.3. The van der Waals surface area contributed by atoms with Crippen LogP contribution in [0, 0.1) is 0 Å². The lowest BCUT2D eigenvalue weighted by atomic mass is 10.0. The van der Waals surface area contributed by atoms with Crippen LogP contribution < -0.4 is 10.1 Å². The highest BCUT2D eigenvalue weighted by atomic mass is 16.5. The van der Waals surface area contributed by atoms with Crippen LogP contribution in [0.2, 0.25) is 0 Å². The molecule has 1 aromatic heterocycles. The minimum absolute atomic E-state index is 0.0368. The average molecular weight is 292 g/mol. The molecule has 2 N–H and O–H groups in total. The van der Waals surface area contributed by atoms with Gasteiger partial charge in [0.1, 0.15) is 6.10 Å². The van der Waals surface area contributed by atoms with Crippen molar-refractivity contribution in [3.8, 4) is 5.88 Å². The number of ether oxygens (including phenoxy) is 2. The van der Waals surface area contributed by atoms with Gasteiger partial charge in [0.2, 0.25) is 5.88 Å². The van der Waals surface area contributed by atoms with Crippen LogP contribution in [0.15, 0.2) is 18.3 Å². The van der Waals surface area contributed by atoms with Crippen LogP contribution in [-0.2, 0) is 9.53 Å². The Bertz CT molecular complexity index is 491. The van der Waals surface area contributed by atoms with Gasteiger partial charge in [0.25, 0.3) is 5.91 Å². The van der Waals surface area contributed by atoms with Crippen molar-refractivity contribution in [3.05, 3.63) is 18.3 Å². The molecule has 21 heavy (non-hydrogen) atoms. The van der Waals surface area contributed by atoms with Crippen LogP contribution in [0.4, 0.5) is 5.69 Å². The van der Waals surface area contributed by atoms with Gasteiger partial charge in [-0.2, -0.15) is 0 Å². The van der Waals surface area contributed by atoms with Crippen molar-refractivity contribution in [1.82, 2.24) is 4.98 Å². The summed E-state index contributed by atoms with van der Waals surface area (Å²) < 4.78 is 10.8. The zero-order valence-corrected chi connectivity index (χ0v) is 11.9. The molecule has 2 fully saturated rings. The highest BCUT2D eigenvalue weighted by Crippen LogP contribution is 2.24. The molecule has 2 heterocycles. The molecule has 0 bridgehead atoms. The molecule has 0 unspecified atom stereocenters. The second kappa shape index (κ2) is 5.99. The van der Waals surface area contributed by atoms with E-state index < -0.39 is 11.5 Å². The molecule has 1 saturated heterocycles. The van der Waals surface area contributed by atoms with Crippen LogP contribution in [0.1, 0.15) is 32.1 Å². The van der Waals surface area contributed by atoms with E-state index in [9.17, 15) is 9.90 Å². The number of rotatable bonds is 4. The molecule has 0 spiro atoms. The number of carbonyl (C=O) groups is 1. The summed E-state index contributed by atoms with van der Waals surface area (Å²) in [6.07, 6.45) is 6.69. The maximum atomic E-state index is 12.0. The van der Waals surface area contributed by atoms with E-state index in [0.717, 1.165) is 12.8 Å². The summed E-state index contributed by atoms with van der Waals surface area (Å²) in [5, 5.41) is 12.7. The smallest absolute Gasteiger partial charge is 0.258 e. The van der Waals surface area contributed by atoms with Crippen LogP contribution in [0.5, 0.6) is 5.88 Å². The number of carbonyl (C=O) groups excluding carboxylic acids is 1. The van der Waals surface area contributed by atoms with Crippen LogP contribution >= 0.6 is 0 Å². The summed E-state index contributed by atoms with van der Waals surface area (Å²) in [5.74, 6) is 0.120. The van der Waals surface area contributed by atoms with Gasteiger partial charge in [-0.3, -0.25) is 4.79 Å². The summed E-state index contributed by atoms with van der Waals surface area (Å²) in [5.41, 5.74) is -0.891. The highest BCUT2D eigenvalue weighted by Gasteiger charge is 2.40. The topological polar surface area (TPSA) is 80.7 Å². The predicted octanol–water partition coefficient (Wildman–Crippen LogP) is 1.49. The van der Waals surface area contributed by atoms with Crippen molar-refractivity contribution in [3.63, 3.8) is 0 Å². The number of hydrogen-bond donors (Lipinski definition) is 2. The van der Waals surface area contributed by atoms with E-state index in [2.05, 4.69) is 10.3 Å². The summed E-state index contributed by atoms with van der Waals surface area (Å²) in [7, 11) is 0. The maximum absolute atomic E-state index is 12.0. The van der Waals surface area contributed by atoms with Crippen molar-refractivity contribution in [2.45, 2.75) is 43.8 Å². The van der Waals surface area contributed by atoms with Gasteiger partial charge in [-0.1, -0.05) is 0 Å². The average Bonchev–Trinajstić information content (AvgIpc) is 3.13. The van der Waals surface area contributed by atoms with E-state index in [1.54, 1.807) is 18.3 Å². The number of nitrogens with zero attached hydrogens (tertiary/aromatic N) is 1. The van der Waals surface area contributed by atoms with Crippen molar-refractivity contribution < 1.29 is 19.4 Å². The molecule has 1 aliphatic heterocycles. The third-order valence-electron chi connectivity index (χ3n) is 4.01. The molecule has 1 aliphatic carbocycles. The number of aliphatic hydroxyl groups is 1. The number of aromatic nitrogens is 1. The minimum atomic E-state index is -1.43. The molecule has 0 aromatic carbocycles. The molecule has 6 heteroatoms. The fraction of sp³-hybridized carbons (Fsp3) is 0.600. The van der Waals surface area contributed by atoms with Gasteiger partial charge in [-0.15, -0.1) is 0 Å². The van der Waals surface area contributed by atoms with E-state index >= 15 is 0 Å². The van der Waals surface area contributed by atoms with E-state index in [-0.39, 0.29) is 12.7 Å². The molecule has 2 aliphatic rings. The Morgan fingerprint density at radius 3 is 2.86 bits per heavy atom. The van der Waals surface area contributed by atoms with E-state index in [4.69, 9.17) is 9.47 Å². The summed E-state index contributed by atoms with van der Waals surface area (Å²) >= 11 is 0. The second-order valence-electron chi connectivity index (χ2n) is 5.70. The molecule has 114 valence electrons. The van der Waals surface area contributed by atoms with Gasteiger partial charge < -0.3 is 19.9 Å². The third kappa shape index (κ3) is 3.33. The van der Waals surface area contributed by atoms with Gasteiger partial charge in [0.05, 0.1) is 25.1 Å². The van der Waals surface area contributed by atoms with Gasteiger partial charge in [0.15, 0.2) is 5.60 Å². The summed E-state index contributed by atoms with van der Waals surface area (Å²) in [6, 6.07) is 3.47. The normalized spacial score (nSPS) is 26.0. The molecule has 3 rings (SSSR count). The van der Waals surface area contributed by atoms with E-state index in [1.165, 1.54) is 12.8 Å². The minimum Gasteiger partial charge on any atom is -0.474 e. The zero-order chi connectivity index (χ0) is 14.7. The van der Waals surface area contributed by atoms with E-state index in [0.29, 0.717) is 24.6 Å². The number of nitrogens with one attached hydrogen (secondary N) is 1. The molecule has 6 nitrogen and oxygen atoms in total. The van der Waals surface area contributed by atoms with Gasteiger partial charge in [-0.05, 0) is 31.7 Å². The number of amides is 1. The largest absolute Gasteiger partial charge is 0.474 e. The monoisotopic (exact) mass is 292 g/mol. The van der Waals surface area contributed by atoms with Gasteiger partial charge in [0, 0.05) is 12.5 Å². The number of pyridine rings is 1. The molecular formula is C15H20N2O4. The van der Waals surface area contributed by atoms with Gasteiger partial charge >= 0.3 is 0 Å². The first-order chi connectivity index (χ1) is 10.2. The molecule has 1 amide bonds. The Morgan fingerprint density at radius 1 is 1.43 bits per heavy atom. The maximum Gasteiger partial charge on any atom is 0.258 e. The fourth-order valence-electron chi connectivity index (χ4n) is 2.68. The molecular weight excluding hydrogens is 272 g/mol. The van der Waals surface area contributed by atoms with Crippen LogP contribution in [0.25, 0.3) is 0 Å². The zero-order valence-electron chi connectivity index (χ0n) is 11.9. The molecule has 1 saturated carbocycles. The lowest BCUT2D eigenvalue weighted by molar-refractivity contribution is -0.133. The third-order valence-corrected chi connectivity index (χ3v) is 4.01. The number of anilines is 1. The Kier molecular flexibility index (Phi) is 4.07. The van der Waals surface area contributed by atoms with Crippen molar-refractivity contribution in [1.29, 1.82) is 0 Å². The van der Waals surface area contributed by atoms with Crippen LogP contribution in [-0.4, -0.2) is 40.9 Å². The summed E-state index contributed by atoms with van der Waals surface area (Å²) in [6.45, 7) is 0.436. The first-order valence-corrected chi connectivity index (χ1v) is 7.40. The van der Waals surface area contributed by atoms with Crippen molar-refractivity contribution in [2.75, 3.05) is 18.5 Å². The summed E-state index contributed by atoms with van der Waals surface area (Å²) in [4.78, 5) is 16.2. The molecule has 0 radical (unpaired) electrons. The predicted molar refractivity (Wildman–Crippen MR) is 76.1 cm³/mol. The fourth-order valence-corrected chi connectivity index (χ4v) is 2.68. The lowest BCUT2D eigenvalue weighted by Crippen LogP contribution is -2.43. The Morgan fingerprint density at radius 2 is 2.24 bits per heavy atom. The lowest BCUT2D eigenvalue weighted by Gasteiger charge is -2.19. The van der Waals surface area contributed by atoms with Crippen molar-refractivity contribution >= 4 is 11.6 Å². The van der Waals surface area contributed by atoms with Crippen LogP contribution in [0.3, 0.4) is 0 Å². The standard InChI is InChI=1S/C15H20N2O4/c18-14(15(19)7-8-20-10-15)17-11-5-6-13(16-9-11)21-12-3-1-2-4-12/h5-6,9,12,19H,1-4,7-8,10H2,(H,17,18)/t15-/m1/s1. The van der Waals surface area contributed by atoms with E-state index in [1.807, 2.05) is 0 Å². The quantitative estimate of drug-likeness (QED) is 0.879. The van der Waals surface area contributed by atoms with Crippen molar-refractivity contribution in [2.24, 2.45) is 0 Å².